The molecule has 0 aliphatic carbocycles. The molecule has 1 fully saturated rings. The van der Waals surface area contributed by atoms with Gasteiger partial charge in [-0.1, -0.05) is 18.2 Å². The van der Waals surface area contributed by atoms with Gasteiger partial charge in [-0.05, 0) is 6.07 Å². The molecule has 100 valence electrons. The van der Waals surface area contributed by atoms with Crippen molar-refractivity contribution in [3.05, 3.63) is 39.9 Å². The molecule has 0 radical (unpaired) electrons. The second-order valence-corrected chi connectivity index (χ2v) is 4.76. The number of anilines is 1. The zero-order chi connectivity index (χ0) is 13.5. The molecule has 1 saturated heterocycles. The van der Waals surface area contributed by atoms with Crippen molar-refractivity contribution in [2.24, 2.45) is 0 Å². The first kappa shape index (κ1) is 11.9. The Hall–Kier alpha value is -2.15. The Balaban J connectivity index is 2.03. The van der Waals surface area contributed by atoms with Gasteiger partial charge < -0.3 is 4.74 Å². The van der Waals surface area contributed by atoms with Crippen LogP contribution >= 0.6 is 0 Å². The topological polar surface area (TPSA) is 93.5 Å². The normalized spacial score (nSPS) is 29.3. The fourth-order valence-electron chi connectivity index (χ4n) is 2.77. The summed E-state index contributed by atoms with van der Waals surface area (Å²) in [6.07, 6.45) is -0.776. The molecule has 1 aromatic carbocycles. The number of hydrogen-bond acceptors (Lipinski definition) is 5. The van der Waals surface area contributed by atoms with E-state index >= 15 is 0 Å². The lowest BCUT2D eigenvalue weighted by Gasteiger charge is -2.41. The van der Waals surface area contributed by atoms with E-state index in [1.807, 2.05) is 18.2 Å². The number of para-hydroxylation sites is 1. The molecule has 1 aromatic rings. The van der Waals surface area contributed by atoms with Crippen molar-refractivity contribution in [2.75, 3.05) is 11.9 Å². The van der Waals surface area contributed by atoms with Crippen molar-refractivity contribution in [1.29, 1.82) is 0 Å². The molecule has 0 bridgehead atoms. The van der Waals surface area contributed by atoms with Crippen LogP contribution in [0.4, 0.5) is 10.5 Å². The Kier molecular flexibility index (Phi) is 2.63. The highest BCUT2D eigenvalue weighted by molar-refractivity contribution is 5.88. The van der Waals surface area contributed by atoms with Crippen molar-refractivity contribution in [3.63, 3.8) is 0 Å². The molecule has 19 heavy (non-hydrogen) atoms. The first-order valence-corrected chi connectivity index (χ1v) is 6.07. The molecule has 7 nitrogen and oxygen atoms in total. The minimum Gasteiger partial charge on any atom is -0.437 e. The van der Waals surface area contributed by atoms with Crippen molar-refractivity contribution < 1.29 is 14.5 Å². The summed E-state index contributed by atoms with van der Waals surface area (Å²) >= 11 is 0. The smallest absolute Gasteiger partial charge is 0.412 e. The van der Waals surface area contributed by atoms with Crippen LogP contribution in [0.1, 0.15) is 18.4 Å². The fraction of sp³-hybridized carbons (Fsp3) is 0.417. The first-order chi connectivity index (χ1) is 9.11. The van der Waals surface area contributed by atoms with Crippen LogP contribution < -0.4 is 10.6 Å². The van der Waals surface area contributed by atoms with E-state index in [0.29, 0.717) is 18.7 Å². The van der Waals surface area contributed by atoms with Gasteiger partial charge in [0.25, 0.3) is 6.17 Å². The molecule has 7 heteroatoms. The number of nitrogens with one attached hydrogen (secondary N) is 2. The standard InChI is InChI=1S/C12H13N3O4/c16-11-14-9-4-2-1-3-8(9)12(19-11)5-6-13-10(7-12)15(17)18/h1-4,10,13H,5-7H2,(H,14,16). The molecular formula is C12H13N3O4. The lowest BCUT2D eigenvalue weighted by molar-refractivity contribution is -0.536. The number of rotatable bonds is 1. The monoisotopic (exact) mass is 263 g/mol. The lowest BCUT2D eigenvalue weighted by Crippen LogP contribution is -2.53. The van der Waals surface area contributed by atoms with Crippen LogP contribution in [0.2, 0.25) is 0 Å². The summed E-state index contributed by atoms with van der Waals surface area (Å²) in [6.45, 7) is 0.438. The number of nitro groups is 1. The van der Waals surface area contributed by atoms with E-state index in [4.69, 9.17) is 4.74 Å². The van der Waals surface area contributed by atoms with E-state index in [1.165, 1.54) is 0 Å². The minimum absolute atomic E-state index is 0.143. The average molecular weight is 263 g/mol. The van der Waals surface area contributed by atoms with E-state index in [2.05, 4.69) is 10.6 Å². The van der Waals surface area contributed by atoms with E-state index < -0.39 is 17.9 Å². The van der Waals surface area contributed by atoms with Gasteiger partial charge in [0, 0.05) is 23.5 Å². The average Bonchev–Trinajstić information content (AvgIpc) is 2.38. The Morgan fingerprint density at radius 2 is 2.21 bits per heavy atom. The van der Waals surface area contributed by atoms with Crippen molar-refractivity contribution in [1.82, 2.24) is 5.32 Å². The molecule has 3 rings (SSSR count). The summed E-state index contributed by atoms with van der Waals surface area (Å²) in [5.74, 6) is 0. The summed E-state index contributed by atoms with van der Waals surface area (Å²) in [7, 11) is 0. The van der Waals surface area contributed by atoms with Crippen LogP contribution in [0, 0.1) is 10.1 Å². The summed E-state index contributed by atoms with van der Waals surface area (Å²) in [6, 6.07) is 7.27. The number of carbonyl (C=O) groups excluding carboxylic acids is 1. The van der Waals surface area contributed by atoms with Gasteiger partial charge in [0.2, 0.25) is 0 Å². The molecule has 2 unspecified atom stereocenters. The largest absolute Gasteiger partial charge is 0.437 e. The van der Waals surface area contributed by atoms with Crippen molar-refractivity contribution in [3.8, 4) is 0 Å². The molecule has 0 saturated carbocycles. The molecule has 1 amide bonds. The maximum atomic E-state index is 11.7. The van der Waals surface area contributed by atoms with E-state index in [1.54, 1.807) is 6.07 Å². The number of nitrogens with zero attached hydrogens (tertiary/aromatic N) is 1. The highest BCUT2D eigenvalue weighted by atomic mass is 16.6. The lowest BCUT2D eigenvalue weighted by atomic mass is 9.82. The van der Waals surface area contributed by atoms with Crippen LogP contribution in [0.25, 0.3) is 0 Å². The molecule has 2 atom stereocenters. The Bertz CT molecular complexity index is 548. The van der Waals surface area contributed by atoms with Crippen LogP contribution in [-0.4, -0.2) is 23.7 Å². The zero-order valence-electron chi connectivity index (χ0n) is 10.1. The second-order valence-electron chi connectivity index (χ2n) is 4.76. The first-order valence-electron chi connectivity index (χ1n) is 6.07. The predicted molar refractivity (Wildman–Crippen MR) is 66.2 cm³/mol. The molecular weight excluding hydrogens is 250 g/mol. The number of benzene rings is 1. The van der Waals surface area contributed by atoms with Crippen molar-refractivity contribution in [2.45, 2.75) is 24.6 Å². The third-order valence-electron chi connectivity index (χ3n) is 3.63. The SMILES string of the molecule is O=C1Nc2ccccc2C2(CCNC([N+](=O)[O-])C2)O1. The molecule has 2 N–H and O–H groups in total. The van der Waals surface area contributed by atoms with E-state index in [9.17, 15) is 14.9 Å². The van der Waals surface area contributed by atoms with Gasteiger partial charge >= 0.3 is 6.09 Å². The number of ether oxygens (including phenoxy) is 1. The minimum atomic E-state index is -0.901. The van der Waals surface area contributed by atoms with Gasteiger partial charge in [-0.2, -0.15) is 0 Å². The third-order valence-corrected chi connectivity index (χ3v) is 3.63. The number of piperidine rings is 1. The van der Waals surface area contributed by atoms with Crippen LogP contribution in [0.5, 0.6) is 0 Å². The predicted octanol–water partition coefficient (Wildman–Crippen LogP) is 1.43. The van der Waals surface area contributed by atoms with Crippen molar-refractivity contribution >= 4 is 11.8 Å². The van der Waals surface area contributed by atoms with Crippen LogP contribution in [-0.2, 0) is 10.3 Å². The number of fused-ring (bicyclic) bond motifs is 2. The number of hydrogen-bond donors (Lipinski definition) is 2. The Morgan fingerprint density at radius 1 is 1.42 bits per heavy atom. The zero-order valence-corrected chi connectivity index (χ0v) is 10.1. The number of carbonyl (C=O) groups is 1. The van der Waals surface area contributed by atoms with Gasteiger partial charge in [0.1, 0.15) is 0 Å². The van der Waals surface area contributed by atoms with Gasteiger partial charge in [-0.25, -0.2) is 4.79 Å². The summed E-state index contributed by atoms with van der Waals surface area (Å²) < 4.78 is 5.43. The molecule has 2 heterocycles. The Labute approximate surface area is 109 Å². The third kappa shape index (κ3) is 1.91. The van der Waals surface area contributed by atoms with Gasteiger partial charge in [0.05, 0.1) is 12.1 Å². The summed E-state index contributed by atoms with van der Waals surface area (Å²) in [5, 5.41) is 16.4. The highest BCUT2D eigenvalue weighted by Crippen LogP contribution is 2.43. The van der Waals surface area contributed by atoms with Gasteiger partial charge in [0.15, 0.2) is 5.60 Å². The summed E-state index contributed by atoms with van der Waals surface area (Å²) in [4.78, 5) is 22.2. The van der Waals surface area contributed by atoms with Crippen LogP contribution in [0.15, 0.2) is 24.3 Å². The van der Waals surface area contributed by atoms with E-state index in [-0.39, 0.29) is 11.3 Å². The molecule has 1 spiro atoms. The quantitative estimate of drug-likeness (QED) is 0.590. The number of amides is 1. The molecule has 2 aliphatic heterocycles. The maximum absolute atomic E-state index is 11.7. The Morgan fingerprint density at radius 3 is 3.00 bits per heavy atom. The highest BCUT2D eigenvalue weighted by Gasteiger charge is 2.48. The molecule has 0 aromatic heterocycles. The molecule has 2 aliphatic rings. The van der Waals surface area contributed by atoms with Gasteiger partial charge in [-0.15, -0.1) is 0 Å². The van der Waals surface area contributed by atoms with Gasteiger partial charge in [-0.3, -0.25) is 20.7 Å². The maximum Gasteiger partial charge on any atom is 0.412 e. The van der Waals surface area contributed by atoms with Crippen LogP contribution in [0.3, 0.4) is 0 Å². The summed E-state index contributed by atoms with van der Waals surface area (Å²) in [5.41, 5.74) is 0.577. The van der Waals surface area contributed by atoms with E-state index in [0.717, 1.165) is 5.56 Å². The second kappa shape index (κ2) is 4.20. The fourth-order valence-corrected chi connectivity index (χ4v) is 2.77.